The Balaban J connectivity index is 1.47. The number of anilines is 1. The number of amides is 2. The van der Waals surface area contributed by atoms with Crippen LogP contribution in [0.3, 0.4) is 0 Å². The fraction of sp³-hybridized carbons (Fsp3) is 0.273. The van der Waals surface area contributed by atoms with E-state index in [1.165, 1.54) is 30.3 Å². The summed E-state index contributed by atoms with van der Waals surface area (Å²) in [5, 5.41) is 7.40. The molecule has 0 saturated heterocycles. The van der Waals surface area contributed by atoms with Gasteiger partial charge in [-0.1, -0.05) is 23.7 Å². The highest BCUT2D eigenvalue weighted by Crippen LogP contribution is 2.41. The number of carbonyl (C=O) groups is 1. The van der Waals surface area contributed by atoms with E-state index in [0.29, 0.717) is 12.2 Å². The quantitative estimate of drug-likeness (QED) is 0.575. The molecule has 2 heterocycles. The van der Waals surface area contributed by atoms with Crippen molar-refractivity contribution in [3.8, 4) is 11.1 Å². The van der Waals surface area contributed by atoms with Crippen LogP contribution >= 0.6 is 11.6 Å². The van der Waals surface area contributed by atoms with Crippen molar-refractivity contribution < 1.29 is 13.6 Å². The number of nitrogens with zero attached hydrogens (tertiary/aromatic N) is 3. The van der Waals surface area contributed by atoms with E-state index in [-0.39, 0.29) is 29.0 Å². The van der Waals surface area contributed by atoms with E-state index in [9.17, 15) is 13.6 Å². The second-order valence-electron chi connectivity index (χ2n) is 7.71. The van der Waals surface area contributed by atoms with Crippen molar-refractivity contribution in [1.82, 2.24) is 14.7 Å². The molecule has 8 heteroatoms. The molecule has 2 atom stereocenters. The van der Waals surface area contributed by atoms with E-state index in [2.05, 4.69) is 10.4 Å². The van der Waals surface area contributed by atoms with Crippen molar-refractivity contribution in [3.63, 3.8) is 0 Å². The molecule has 1 aliphatic heterocycles. The van der Waals surface area contributed by atoms with Crippen LogP contribution in [0.25, 0.3) is 11.1 Å². The summed E-state index contributed by atoms with van der Waals surface area (Å²) in [5.41, 5.74) is 3.12. The first-order chi connectivity index (χ1) is 14.5. The van der Waals surface area contributed by atoms with Gasteiger partial charge in [0, 0.05) is 11.3 Å². The molecule has 5 nitrogen and oxygen atoms in total. The second-order valence-corrected chi connectivity index (χ2v) is 8.12. The van der Waals surface area contributed by atoms with E-state index >= 15 is 0 Å². The molecule has 2 unspecified atom stereocenters. The third kappa shape index (κ3) is 3.23. The van der Waals surface area contributed by atoms with Gasteiger partial charge in [0.1, 0.15) is 11.6 Å². The third-order valence-electron chi connectivity index (χ3n) is 5.96. The molecule has 3 aromatic rings. The molecule has 2 aromatic carbocycles. The number of benzene rings is 2. The van der Waals surface area contributed by atoms with Crippen molar-refractivity contribution in [2.45, 2.75) is 37.9 Å². The smallest absolute Gasteiger partial charge is 0.313 e. The van der Waals surface area contributed by atoms with Gasteiger partial charge in [-0.2, -0.15) is 5.10 Å². The van der Waals surface area contributed by atoms with E-state index in [0.717, 1.165) is 36.1 Å². The summed E-state index contributed by atoms with van der Waals surface area (Å²) in [6.07, 6.45) is 4.63. The van der Waals surface area contributed by atoms with Gasteiger partial charge in [-0.15, -0.1) is 0 Å². The molecule has 1 aliphatic carbocycles. The Morgan fingerprint density at radius 2 is 1.87 bits per heavy atom. The minimum absolute atomic E-state index is 0.0365. The van der Waals surface area contributed by atoms with Crippen LogP contribution in [-0.4, -0.2) is 26.8 Å². The van der Waals surface area contributed by atoms with Crippen molar-refractivity contribution >= 4 is 23.3 Å². The Morgan fingerprint density at radius 1 is 1.10 bits per heavy atom. The van der Waals surface area contributed by atoms with Crippen LogP contribution in [0.1, 0.15) is 31.0 Å². The summed E-state index contributed by atoms with van der Waals surface area (Å²) in [6, 6.07) is 10.3. The average Bonchev–Trinajstić information content (AvgIpc) is 3.37. The maximum Gasteiger partial charge on any atom is 0.322 e. The molecule has 0 spiro atoms. The van der Waals surface area contributed by atoms with Crippen LogP contribution < -0.4 is 5.32 Å². The standard InChI is InChI=1S/C22H19ClF2N4O/c23-17-10-15(8-9-18(17)25)27-22(30)28-12-21-16(13-4-6-14(24)7-5-13)11-26-29(21)20-3-1-2-19(20)28/h4-11,19-20H,1-3,12H2,(H,27,30). The summed E-state index contributed by atoms with van der Waals surface area (Å²) >= 11 is 5.85. The SMILES string of the molecule is O=C(Nc1ccc(F)c(Cl)c1)N1Cc2c(-c3ccc(F)cc3)cnn2C2CCCC21. The van der Waals surface area contributed by atoms with Gasteiger partial charge in [0.15, 0.2) is 0 Å². The zero-order valence-corrected chi connectivity index (χ0v) is 16.7. The Bertz CT molecular complexity index is 1110. The molecule has 30 heavy (non-hydrogen) atoms. The zero-order chi connectivity index (χ0) is 20.8. The first-order valence-corrected chi connectivity index (χ1v) is 10.2. The lowest BCUT2D eigenvalue weighted by atomic mass is 10.0. The fourth-order valence-corrected chi connectivity index (χ4v) is 4.72. The van der Waals surface area contributed by atoms with Crippen molar-refractivity contribution in [2.75, 3.05) is 5.32 Å². The molecule has 154 valence electrons. The minimum Gasteiger partial charge on any atom is -0.313 e. The first kappa shape index (κ1) is 19.1. The van der Waals surface area contributed by atoms with Crippen LogP contribution in [0.4, 0.5) is 19.3 Å². The molecule has 1 aromatic heterocycles. The first-order valence-electron chi connectivity index (χ1n) is 9.86. The van der Waals surface area contributed by atoms with E-state index in [1.54, 1.807) is 18.3 Å². The number of fused-ring (bicyclic) bond motifs is 3. The number of hydrogen-bond donors (Lipinski definition) is 1. The van der Waals surface area contributed by atoms with Crippen LogP contribution in [0.5, 0.6) is 0 Å². The zero-order valence-electron chi connectivity index (χ0n) is 16.0. The molecular formula is C22H19ClF2N4O. The Hall–Kier alpha value is -2.93. The number of rotatable bonds is 2. The predicted octanol–water partition coefficient (Wildman–Crippen LogP) is 5.62. The maximum atomic E-state index is 13.4. The summed E-state index contributed by atoms with van der Waals surface area (Å²) in [6.45, 7) is 0.384. The lowest BCUT2D eigenvalue weighted by Gasteiger charge is -2.38. The van der Waals surface area contributed by atoms with Crippen LogP contribution in [0.2, 0.25) is 5.02 Å². The lowest BCUT2D eigenvalue weighted by molar-refractivity contribution is 0.139. The van der Waals surface area contributed by atoms with Gasteiger partial charge in [0.05, 0.1) is 35.5 Å². The highest BCUT2D eigenvalue weighted by atomic mass is 35.5. The lowest BCUT2D eigenvalue weighted by Crippen LogP contribution is -2.48. The number of hydrogen-bond acceptors (Lipinski definition) is 2. The van der Waals surface area contributed by atoms with E-state index in [1.807, 2.05) is 9.58 Å². The number of urea groups is 1. The second kappa shape index (κ2) is 7.40. The molecule has 1 N–H and O–H groups in total. The Morgan fingerprint density at radius 3 is 2.63 bits per heavy atom. The molecule has 1 fully saturated rings. The molecule has 2 aliphatic rings. The van der Waals surface area contributed by atoms with Gasteiger partial charge in [-0.3, -0.25) is 4.68 Å². The fourth-order valence-electron chi connectivity index (χ4n) is 4.54. The largest absolute Gasteiger partial charge is 0.322 e. The van der Waals surface area contributed by atoms with Gasteiger partial charge >= 0.3 is 6.03 Å². The molecule has 5 rings (SSSR count). The third-order valence-corrected chi connectivity index (χ3v) is 6.25. The molecule has 1 saturated carbocycles. The summed E-state index contributed by atoms with van der Waals surface area (Å²) in [7, 11) is 0. The predicted molar refractivity (Wildman–Crippen MR) is 110 cm³/mol. The molecule has 0 radical (unpaired) electrons. The highest BCUT2D eigenvalue weighted by molar-refractivity contribution is 6.31. The monoisotopic (exact) mass is 428 g/mol. The average molecular weight is 429 g/mol. The molecule has 2 amide bonds. The summed E-state index contributed by atoms with van der Waals surface area (Å²) < 4.78 is 28.8. The normalized spacial score (nSPS) is 20.0. The molecule has 0 bridgehead atoms. The highest BCUT2D eigenvalue weighted by Gasteiger charge is 2.42. The van der Waals surface area contributed by atoms with Crippen molar-refractivity contribution in [3.05, 3.63) is 71.0 Å². The summed E-state index contributed by atoms with van der Waals surface area (Å²) in [5.74, 6) is -0.828. The van der Waals surface area contributed by atoms with Crippen LogP contribution in [-0.2, 0) is 6.54 Å². The Labute approximate surface area is 177 Å². The summed E-state index contributed by atoms with van der Waals surface area (Å²) in [4.78, 5) is 14.9. The Kier molecular flexibility index (Phi) is 4.70. The minimum atomic E-state index is -0.531. The van der Waals surface area contributed by atoms with E-state index < -0.39 is 5.82 Å². The number of aromatic nitrogens is 2. The number of nitrogens with one attached hydrogen (secondary N) is 1. The van der Waals surface area contributed by atoms with Gasteiger partial charge in [-0.25, -0.2) is 13.6 Å². The number of carbonyl (C=O) groups excluding carboxylic acids is 1. The van der Waals surface area contributed by atoms with Crippen molar-refractivity contribution in [1.29, 1.82) is 0 Å². The van der Waals surface area contributed by atoms with Crippen molar-refractivity contribution in [2.24, 2.45) is 0 Å². The molecular weight excluding hydrogens is 410 g/mol. The van der Waals surface area contributed by atoms with Gasteiger partial charge in [-0.05, 0) is 55.2 Å². The van der Waals surface area contributed by atoms with Gasteiger partial charge < -0.3 is 10.2 Å². The topological polar surface area (TPSA) is 50.2 Å². The van der Waals surface area contributed by atoms with Crippen LogP contribution in [0, 0.1) is 11.6 Å². The van der Waals surface area contributed by atoms with Gasteiger partial charge in [0.2, 0.25) is 0 Å². The maximum absolute atomic E-state index is 13.4. The van der Waals surface area contributed by atoms with Crippen LogP contribution in [0.15, 0.2) is 48.7 Å². The number of halogens is 3. The van der Waals surface area contributed by atoms with E-state index in [4.69, 9.17) is 11.6 Å². The van der Waals surface area contributed by atoms with Gasteiger partial charge in [0.25, 0.3) is 0 Å².